The number of rotatable bonds is 2. The first-order valence-electron chi connectivity index (χ1n) is 6.26. The second-order valence-electron chi connectivity index (χ2n) is 5.01. The van der Waals surface area contributed by atoms with Crippen molar-refractivity contribution in [1.29, 1.82) is 0 Å². The van der Waals surface area contributed by atoms with Crippen LogP contribution in [0.2, 0.25) is 0 Å². The van der Waals surface area contributed by atoms with E-state index in [2.05, 4.69) is 5.32 Å². The van der Waals surface area contributed by atoms with Crippen LogP contribution < -0.4 is 5.32 Å². The van der Waals surface area contributed by atoms with E-state index in [9.17, 15) is 14.9 Å². The summed E-state index contributed by atoms with van der Waals surface area (Å²) >= 11 is 0. The molecule has 2 heterocycles. The summed E-state index contributed by atoms with van der Waals surface area (Å²) in [6.45, 7) is 5.33. The van der Waals surface area contributed by atoms with E-state index in [4.69, 9.17) is 0 Å². The number of carbonyl (C=O) groups excluding carboxylic acids is 1. The summed E-state index contributed by atoms with van der Waals surface area (Å²) in [5.74, 6) is -0.226. The highest BCUT2D eigenvalue weighted by Gasteiger charge is 2.31. The predicted octanol–water partition coefficient (Wildman–Crippen LogP) is 1.18. The lowest BCUT2D eigenvalue weighted by Crippen LogP contribution is -2.56. The molecule has 8 heteroatoms. The van der Waals surface area contributed by atoms with Gasteiger partial charge in [-0.1, -0.05) is 0 Å². The number of nitrogens with one attached hydrogen (secondary N) is 1. The highest BCUT2D eigenvalue weighted by Crippen LogP contribution is 2.18. The second-order valence-corrected chi connectivity index (χ2v) is 5.01. The van der Waals surface area contributed by atoms with Crippen LogP contribution in [0.3, 0.4) is 0 Å². The molecule has 2 unspecified atom stereocenters. The van der Waals surface area contributed by atoms with Crippen LogP contribution in [0.25, 0.3) is 0 Å². The Morgan fingerprint density at radius 1 is 1.45 bits per heavy atom. The minimum atomic E-state index is -0.486. The fourth-order valence-electron chi connectivity index (χ4n) is 2.35. The molecule has 0 saturated carbocycles. The molecule has 20 heavy (non-hydrogen) atoms. The van der Waals surface area contributed by atoms with E-state index >= 15 is 0 Å². The third-order valence-electron chi connectivity index (χ3n) is 3.53. The molecule has 2 rings (SSSR count). The molecule has 1 fully saturated rings. The standard InChI is InChI=1S/C12H18N4O3.ClH/c1-8-7-15(9(2)6-13-8)12(17)10-4-5-11(14(10)3)16(18)19;/h4-5,8-9,13H,6-7H2,1-3H3;1H. The maximum absolute atomic E-state index is 12.5. The highest BCUT2D eigenvalue weighted by atomic mass is 35.5. The van der Waals surface area contributed by atoms with Crippen molar-refractivity contribution in [1.82, 2.24) is 14.8 Å². The van der Waals surface area contributed by atoms with Crippen LogP contribution in [0.5, 0.6) is 0 Å². The van der Waals surface area contributed by atoms with Crippen molar-refractivity contribution >= 4 is 24.1 Å². The van der Waals surface area contributed by atoms with Crippen molar-refractivity contribution in [2.75, 3.05) is 13.1 Å². The van der Waals surface area contributed by atoms with Gasteiger partial charge in [0.25, 0.3) is 5.91 Å². The minimum Gasteiger partial charge on any atom is -0.358 e. The van der Waals surface area contributed by atoms with Gasteiger partial charge in [-0.05, 0) is 24.8 Å². The van der Waals surface area contributed by atoms with E-state index in [0.717, 1.165) is 6.54 Å². The fourth-order valence-corrected chi connectivity index (χ4v) is 2.35. The molecule has 1 N–H and O–H groups in total. The zero-order valence-corrected chi connectivity index (χ0v) is 12.5. The van der Waals surface area contributed by atoms with E-state index < -0.39 is 4.92 Å². The van der Waals surface area contributed by atoms with E-state index in [0.29, 0.717) is 12.2 Å². The lowest BCUT2D eigenvalue weighted by atomic mass is 10.1. The van der Waals surface area contributed by atoms with Crippen LogP contribution in [0.1, 0.15) is 24.3 Å². The summed E-state index contributed by atoms with van der Waals surface area (Å²) in [6, 6.07) is 3.19. The van der Waals surface area contributed by atoms with Crippen molar-refractivity contribution in [2.24, 2.45) is 7.05 Å². The zero-order chi connectivity index (χ0) is 14.2. The van der Waals surface area contributed by atoms with E-state index in [1.165, 1.54) is 16.7 Å². The summed E-state index contributed by atoms with van der Waals surface area (Å²) in [5, 5.41) is 14.1. The summed E-state index contributed by atoms with van der Waals surface area (Å²) in [5.41, 5.74) is 0.354. The third kappa shape index (κ3) is 2.94. The van der Waals surface area contributed by atoms with Crippen LogP contribution in [0, 0.1) is 10.1 Å². The Bertz CT molecular complexity index is 517. The van der Waals surface area contributed by atoms with Crippen molar-refractivity contribution in [2.45, 2.75) is 25.9 Å². The number of nitro groups is 1. The molecule has 1 aromatic heterocycles. The van der Waals surface area contributed by atoms with Gasteiger partial charge in [-0.3, -0.25) is 4.79 Å². The van der Waals surface area contributed by atoms with Crippen LogP contribution in [0.4, 0.5) is 5.82 Å². The number of amides is 1. The predicted molar refractivity (Wildman–Crippen MR) is 77.3 cm³/mol. The average molecular weight is 303 g/mol. The van der Waals surface area contributed by atoms with Gasteiger partial charge in [-0.25, -0.2) is 4.57 Å². The Labute approximate surface area is 123 Å². The van der Waals surface area contributed by atoms with Crippen molar-refractivity contribution in [3.63, 3.8) is 0 Å². The molecule has 7 nitrogen and oxygen atoms in total. The molecule has 0 aliphatic carbocycles. The quantitative estimate of drug-likeness (QED) is 0.657. The molecule has 1 aromatic rings. The number of hydrogen-bond acceptors (Lipinski definition) is 4. The van der Waals surface area contributed by atoms with Crippen LogP contribution >= 0.6 is 12.4 Å². The largest absolute Gasteiger partial charge is 0.358 e. The van der Waals surface area contributed by atoms with Gasteiger partial charge in [-0.2, -0.15) is 0 Å². The van der Waals surface area contributed by atoms with Gasteiger partial charge in [0.15, 0.2) is 5.69 Å². The molecule has 112 valence electrons. The van der Waals surface area contributed by atoms with Gasteiger partial charge in [-0.15, -0.1) is 12.4 Å². The number of halogens is 1. The normalized spacial score (nSPS) is 22.2. The van der Waals surface area contributed by atoms with Crippen LogP contribution in [0.15, 0.2) is 12.1 Å². The van der Waals surface area contributed by atoms with Crippen molar-refractivity contribution < 1.29 is 9.72 Å². The minimum absolute atomic E-state index is 0. The smallest absolute Gasteiger partial charge is 0.323 e. The Hall–Kier alpha value is -1.60. The van der Waals surface area contributed by atoms with Gasteiger partial charge >= 0.3 is 5.82 Å². The lowest BCUT2D eigenvalue weighted by Gasteiger charge is -2.37. The number of aromatic nitrogens is 1. The summed E-state index contributed by atoms with van der Waals surface area (Å²) < 4.78 is 1.34. The SMILES string of the molecule is CC1CN(C(=O)c2ccc([N+](=O)[O-])n2C)C(C)CN1.Cl. The number of carbonyl (C=O) groups is 1. The van der Waals surface area contributed by atoms with E-state index in [1.807, 2.05) is 13.8 Å². The number of hydrogen-bond donors (Lipinski definition) is 1. The first kappa shape index (κ1) is 16.5. The van der Waals surface area contributed by atoms with Crippen molar-refractivity contribution in [3.8, 4) is 0 Å². The summed E-state index contributed by atoms with van der Waals surface area (Å²) in [6.07, 6.45) is 0. The molecule has 1 aliphatic heterocycles. The number of piperazine rings is 1. The molecular weight excluding hydrogens is 284 g/mol. The van der Waals surface area contributed by atoms with Crippen LogP contribution in [-0.2, 0) is 7.05 Å². The first-order chi connectivity index (χ1) is 8.91. The molecule has 1 amide bonds. The lowest BCUT2D eigenvalue weighted by molar-refractivity contribution is -0.391. The summed E-state index contributed by atoms with van der Waals surface area (Å²) in [4.78, 5) is 24.5. The average Bonchev–Trinajstić information content (AvgIpc) is 2.73. The van der Waals surface area contributed by atoms with Gasteiger partial charge in [0, 0.05) is 31.2 Å². The third-order valence-corrected chi connectivity index (χ3v) is 3.53. The van der Waals surface area contributed by atoms with Gasteiger partial charge in [0.1, 0.15) is 0 Å². The van der Waals surface area contributed by atoms with Gasteiger partial charge in [0.05, 0.1) is 7.05 Å². The first-order valence-corrected chi connectivity index (χ1v) is 6.26. The molecule has 0 aromatic carbocycles. The Morgan fingerprint density at radius 3 is 2.65 bits per heavy atom. The van der Waals surface area contributed by atoms with Crippen molar-refractivity contribution in [3.05, 3.63) is 27.9 Å². The fraction of sp³-hybridized carbons (Fsp3) is 0.583. The Morgan fingerprint density at radius 2 is 2.10 bits per heavy atom. The monoisotopic (exact) mass is 302 g/mol. The molecule has 0 bridgehead atoms. The maximum atomic E-state index is 12.5. The number of nitrogens with zero attached hydrogens (tertiary/aromatic N) is 3. The second kappa shape index (κ2) is 6.23. The molecule has 0 radical (unpaired) electrons. The molecular formula is C12H19ClN4O3. The Kier molecular flexibility index (Phi) is 5.13. The topological polar surface area (TPSA) is 80.4 Å². The van der Waals surface area contributed by atoms with Gasteiger partial charge < -0.3 is 20.3 Å². The van der Waals surface area contributed by atoms with E-state index in [-0.39, 0.29) is 36.2 Å². The zero-order valence-electron chi connectivity index (χ0n) is 11.7. The molecule has 2 atom stereocenters. The highest BCUT2D eigenvalue weighted by molar-refractivity contribution is 5.93. The molecule has 0 spiro atoms. The van der Waals surface area contributed by atoms with Crippen LogP contribution in [-0.4, -0.2) is 45.5 Å². The summed E-state index contributed by atoms with van der Waals surface area (Å²) in [7, 11) is 1.54. The Balaban J connectivity index is 0.00000200. The van der Waals surface area contributed by atoms with E-state index in [1.54, 1.807) is 11.9 Å². The maximum Gasteiger partial charge on any atom is 0.323 e. The molecule has 1 aliphatic rings. The molecule has 1 saturated heterocycles. The van der Waals surface area contributed by atoms with Gasteiger partial charge in [0.2, 0.25) is 0 Å².